The van der Waals surface area contributed by atoms with Gasteiger partial charge in [0.05, 0.1) is 35.6 Å². The smallest absolute Gasteiger partial charge is 0.280 e. The minimum atomic E-state index is -0.262. The molecule has 1 aliphatic rings. The number of amides is 1. The molecule has 1 saturated carbocycles. The normalized spacial score (nSPS) is 14.0. The Balaban J connectivity index is 1.46. The first-order valence-corrected chi connectivity index (χ1v) is 12.7. The van der Waals surface area contributed by atoms with E-state index in [0.29, 0.717) is 41.4 Å². The summed E-state index contributed by atoms with van der Waals surface area (Å²) in [5, 5.41) is 4.12. The lowest BCUT2D eigenvalue weighted by Crippen LogP contribution is -2.29. The average Bonchev–Trinajstić information content (AvgIpc) is 3.54. The van der Waals surface area contributed by atoms with Gasteiger partial charge in [-0.15, -0.1) is 11.3 Å². The van der Waals surface area contributed by atoms with Gasteiger partial charge in [-0.3, -0.25) is 14.8 Å². The van der Waals surface area contributed by atoms with Crippen LogP contribution in [0.25, 0.3) is 10.6 Å². The molecular weight excluding hydrogens is 458 g/mol. The van der Waals surface area contributed by atoms with Gasteiger partial charge < -0.3 is 20.5 Å². The number of carbonyl (C=O) groups excluding carboxylic acids is 1. The quantitative estimate of drug-likeness (QED) is 0.328. The van der Waals surface area contributed by atoms with E-state index in [1.807, 2.05) is 19.1 Å². The molecule has 0 bridgehead atoms. The van der Waals surface area contributed by atoms with Crippen molar-refractivity contribution in [2.45, 2.75) is 43.9 Å². The van der Waals surface area contributed by atoms with Gasteiger partial charge in [0.1, 0.15) is 5.69 Å². The van der Waals surface area contributed by atoms with Crippen LogP contribution in [0.4, 0.5) is 5.69 Å². The van der Waals surface area contributed by atoms with Crippen LogP contribution >= 0.6 is 23.3 Å². The maximum atomic E-state index is 13.0. The molecule has 0 aromatic carbocycles. The standard InChI is InChI=1S/C22H27N7O2S2/c1-2-31-20-13-24-11-18(27-20)19-12-26-22(32-19)21(30)28-16(4-3-8-23)17-10-14(7-9-25-17)29-33-15-5-6-15/h7,9-13,15-16H,2-6,8,23H2,1H3,(H,25,29)(H,28,30). The van der Waals surface area contributed by atoms with E-state index in [0.717, 1.165) is 22.7 Å². The fraction of sp³-hybridized carbons (Fsp3) is 0.409. The van der Waals surface area contributed by atoms with E-state index in [-0.39, 0.29) is 11.9 Å². The lowest BCUT2D eigenvalue weighted by molar-refractivity contribution is 0.0933. The van der Waals surface area contributed by atoms with Gasteiger partial charge in [0.15, 0.2) is 5.01 Å². The van der Waals surface area contributed by atoms with Crippen LogP contribution in [0.1, 0.15) is 54.1 Å². The molecule has 0 saturated heterocycles. The van der Waals surface area contributed by atoms with Crippen LogP contribution in [0.3, 0.4) is 0 Å². The van der Waals surface area contributed by atoms with Crippen molar-refractivity contribution in [3.05, 3.63) is 47.6 Å². The van der Waals surface area contributed by atoms with E-state index >= 15 is 0 Å². The van der Waals surface area contributed by atoms with Crippen LogP contribution in [0, 0.1) is 0 Å². The van der Waals surface area contributed by atoms with Crippen molar-refractivity contribution < 1.29 is 9.53 Å². The van der Waals surface area contributed by atoms with Crippen LogP contribution in [0.15, 0.2) is 36.9 Å². The van der Waals surface area contributed by atoms with Crippen molar-refractivity contribution >= 4 is 34.9 Å². The van der Waals surface area contributed by atoms with E-state index in [9.17, 15) is 4.79 Å². The van der Waals surface area contributed by atoms with Gasteiger partial charge in [-0.1, -0.05) is 0 Å². The molecule has 4 rings (SSSR count). The number of thiazole rings is 1. The summed E-state index contributed by atoms with van der Waals surface area (Å²) in [5.74, 6) is 0.186. The summed E-state index contributed by atoms with van der Waals surface area (Å²) in [6.07, 6.45) is 10.5. The molecule has 0 spiro atoms. The number of rotatable bonds is 12. The molecule has 3 heterocycles. The first-order valence-electron chi connectivity index (χ1n) is 11.0. The number of hydrogen-bond acceptors (Lipinski definition) is 10. The van der Waals surface area contributed by atoms with Crippen molar-refractivity contribution in [1.82, 2.24) is 25.3 Å². The molecule has 174 valence electrons. The summed E-state index contributed by atoms with van der Waals surface area (Å²) >= 11 is 3.00. The highest BCUT2D eigenvalue weighted by Gasteiger charge is 2.23. The zero-order valence-electron chi connectivity index (χ0n) is 18.4. The zero-order chi connectivity index (χ0) is 23.0. The molecule has 1 amide bonds. The van der Waals surface area contributed by atoms with Crippen molar-refractivity contribution in [2.75, 3.05) is 17.9 Å². The summed E-state index contributed by atoms with van der Waals surface area (Å²) in [6.45, 7) is 2.93. The first kappa shape index (κ1) is 23.4. The molecule has 1 unspecified atom stereocenters. The number of nitrogens with one attached hydrogen (secondary N) is 2. The number of carbonyl (C=O) groups is 1. The van der Waals surface area contributed by atoms with Gasteiger partial charge in [-0.25, -0.2) is 9.97 Å². The maximum Gasteiger partial charge on any atom is 0.280 e. The Morgan fingerprint density at radius 3 is 3.00 bits per heavy atom. The second kappa shape index (κ2) is 11.4. The maximum absolute atomic E-state index is 13.0. The Morgan fingerprint density at radius 2 is 2.21 bits per heavy atom. The zero-order valence-corrected chi connectivity index (χ0v) is 20.0. The third-order valence-corrected chi connectivity index (χ3v) is 7.04. The Kier molecular flexibility index (Phi) is 8.08. The fourth-order valence-electron chi connectivity index (χ4n) is 3.06. The highest BCUT2D eigenvalue weighted by molar-refractivity contribution is 8.01. The lowest BCUT2D eigenvalue weighted by atomic mass is 10.1. The minimum absolute atomic E-state index is 0.255. The highest BCUT2D eigenvalue weighted by atomic mass is 32.2. The molecule has 0 aliphatic heterocycles. The average molecular weight is 486 g/mol. The molecule has 3 aromatic rings. The molecule has 33 heavy (non-hydrogen) atoms. The number of nitrogens with two attached hydrogens (primary N) is 1. The third kappa shape index (κ3) is 6.62. The van der Waals surface area contributed by atoms with Crippen molar-refractivity contribution in [3.63, 3.8) is 0 Å². The number of anilines is 1. The molecule has 1 fully saturated rings. The largest absolute Gasteiger partial charge is 0.477 e. The topological polar surface area (TPSA) is 128 Å². The Hall–Kier alpha value is -2.76. The van der Waals surface area contributed by atoms with E-state index < -0.39 is 0 Å². The Bertz CT molecular complexity index is 1070. The van der Waals surface area contributed by atoms with E-state index in [1.165, 1.54) is 24.2 Å². The minimum Gasteiger partial charge on any atom is -0.477 e. The van der Waals surface area contributed by atoms with Crippen LogP contribution < -0.4 is 20.5 Å². The SMILES string of the molecule is CCOc1cncc(-c2cnc(C(=O)NC(CCCN)c3cc(NSC4CC4)ccn3)s2)n1. The van der Waals surface area contributed by atoms with E-state index in [2.05, 4.69) is 30.0 Å². The Labute approximate surface area is 201 Å². The summed E-state index contributed by atoms with van der Waals surface area (Å²) < 4.78 is 8.80. The summed E-state index contributed by atoms with van der Waals surface area (Å²) in [7, 11) is 0. The number of nitrogens with zero attached hydrogens (tertiary/aromatic N) is 4. The number of hydrogen-bond donors (Lipinski definition) is 3. The fourth-order valence-corrected chi connectivity index (χ4v) is 4.63. The number of pyridine rings is 1. The molecule has 3 aromatic heterocycles. The molecule has 11 heteroatoms. The second-order valence-electron chi connectivity index (χ2n) is 7.55. The van der Waals surface area contributed by atoms with Crippen LogP contribution in [0.2, 0.25) is 0 Å². The molecule has 0 radical (unpaired) electrons. The summed E-state index contributed by atoms with van der Waals surface area (Å²) in [5.41, 5.74) is 8.13. The van der Waals surface area contributed by atoms with E-state index in [4.69, 9.17) is 10.5 Å². The highest BCUT2D eigenvalue weighted by Crippen LogP contribution is 2.34. The molecular formula is C22H27N7O2S2. The predicted octanol–water partition coefficient (Wildman–Crippen LogP) is 3.83. The summed E-state index contributed by atoms with van der Waals surface area (Å²) in [6, 6.07) is 3.66. The number of aromatic nitrogens is 4. The van der Waals surface area contributed by atoms with Gasteiger partial charge in [-0.05, 0) is 63.2 Å². The predicted molar refractivity (Wildman–Crippen MR) is 131 cm³/mol. The molecule has 1 aliphatic carbocycles. The van der Waals surface area contributed by atoms with Crippen molar-refractivity contribution in [1.29, 1.82) is 0 Å². The Morgan fingerprint density at radius 1 is 1.33 bits per heavy atom. The summed E-state index contributed by atoms with van der Waals surface area (Å²) in [4.78, 5) is 31.1. The molecule has 9 nitrogen and oxygen atoms in total. The van der Waals surface area contributed by atoms with Crippen molar-refractivity contribution in [3.8, 4) is 16.5 Å². The second-order valence-corrected chi connectivity index (χ2v) is 9.69. The monoisotopic (exact) mass is 485 g/mol. The van der Waals surface area contributed by atoms with Crippen LogP contribution in [-0.2, 0) is 0 Å². The van der Waals surface area contributed by atoms with Gasteiger partial charge in [-0.2, -0.15) is 0 Å². The van der Waals surface area contributed by atoms with Gasteiger partial charge in [0.2, 0.25) is 5.88 Å². The lowest BCUT2D eigenvalue weighted by Gasteiger charge is -2.18. The van der Waals surface area contributed by atoms with Gasteiger partial charge in [0.25, 0.3) is 5.91 Å². The third-order valence-electron chi connectivity index (χ3n) is 4.87. The number of ether oxygens (including phenoxy) is 1. The molecule has 4 N–H and O–H groups in total. The van der Waals surface area contributed by atoms with Crippen LogP contribution in [0.5, 0.6) is 5.88 Å². The van der Waals surface area contributed by atoms with Crippen LogP contribution in [-0.4, -0.2) is 44.2 Å². The van der Waals surface area contributed by atoms with E-state index in [1.54, 1.807) is 36.7 Å². The van der Waals surface area contributed by atoms with Crippen molar-refractivity contribution in [2.24, 2.45) is 5.73 Å². The molecule has 1 atom stereocenters. The van der Waals surface area contributed by atoms with Gasteiger partial charge in [0, 0.05) is 23.3 Å². The van der Waals surface area contributed by atoms with Gasteiger partial charge >= 0.3 is 0 Å². The first-order chi connectivity index (χ1) is 16.2.